The lowest BCUT2D eigenvalue weighted by molar-refractivity contribution is -0.151. The maximum Gasteiger partial charge on any atom is 0.305 e. The van der Waals surface area contributed by atoms with Gasteiger partial charge in [0.15, 0.2) is 0 Å². The molecule has 0 spiro atoms. The largest absolute Gasteiger partial charge is 0.463 e. The Balaban J connectivity index is 2.76. The van der Waals surface area contributed by atoms with Crippen LogP contribution in [0, 0.1) is 5.41 Å². The topological polar surface area (TPSA) is 96.2 Å². The fraction of sp³-hybridized carbons (Fsp3) is 0.848. The summed E-state index contributed by atoms with van der Waals surface area (Å²) in [4.78, 5) is 12.5. The van der Waals surface area contributed by atoms with Crippen molar-refractivity contribution in [1.29, 1.82) is 0 Å². The van der Waals surface area contributed by atoms with Gasteiger partial charge in [-0.25, -0.2) is 0 Å². The maximum atomic E-state index is 12.5. The molecule has 0 aromatic heterocycles. The zero-order valence-electron chi connectivity index (χ0n) is 34.3. The lowest BCUT2D eigenvalue weighted by Crippen LogP contribution is -2.41. The van der Waals surface area contributed by atoms with Gasteiger partial charge >= 0.3 is 5.97 Å². The van der Waals surface area contributed by atoms with Gasteiger partial charge in [-0.1, -0.05) is 166 Å². The first-order chi connectivity index (χ1) is 25.4. The number of unbranched alkanes of at least 4 members (excludes halogenated alkanes) is 20. The smallest absolute Gasteiger partial charge is 0.305 e. The molecule has 0 amide bonds. The van der Waals surface area contributed by atoms with Crippen molar-refractivity contribution in [2.75, 3.05) is 13.2 Å². The van der Waals surface area contributed by atoms with E-state index in [-0.39, 0.29) is 24.6 Å². The fourth-order valence-electron chi connectivity index (χ4n) is 7.29. The Morgan fingerprint density at radius 1 is 0.635 bits per heavy atom. The van der Waals surface area contributed by atoms with Crippen molar-refractivity contribution in [2.45, 2.75) is 231 Å². The SMILES string of the molecule is CCCCCCCCC=CCC(CC=CCCCCCCCC)(C/C=C/CCCCCCCC)CCCCCC(=O)OC[C@@H](O)C1OCC(O)C1O. The van der Waals surface area contributed by atoms with Crippen molar-refractivity contribution in [2.24, 2.45) is 5.41 Å². The van der Waals surface area contributed by atoms with Gasteiger partial charge in [-0.15, -0.1) is 0 Å². The zero-order chi connectivity index (χ0) is 38.0. The molecule has 52 heavy (non-hydrogen) atoms. The van der Waals surface area contributed by atoms with Crippen LogP contribution in [-0.4, -0.2) is 58.9 Å². The number of hydrogen-bond acceptors (Lipinski definition) is 6. The number of allylic oxidation sites excluding steroid dienone is 6. The van der Waals surface area contributed by atoms with Crippen LogP contribution in [0.5, 0.6) is 0 Å². The van der Waals surface area contributed by atoms with Gasteiger partial charge in [0, 0.05) is 6.42 Å². The third-order valence-electron chi connectivity index (χ3n) is 10.9. The van der Waals surface area contributed by atoms with Crippen molar-refractivity contribution in [3.63, 3.8) is 0 Å². The Kier molecular flexibility index (Phi) is 31.8. The van der Waals surface area contributed by atoms with Crippen LogP contribution in [0.25, 0.3) is 0 Å². The predicted molar refractivity (Wildman–Crippen MR) is 219 cm³/mol. The summed E-state index contributed by atoms with van der Waals surface area (Å²) in [5.74, 6) is -0.341. The molecule has 1 saturated heterocycles. The molecular weight excluding hydrogens is 649 g/mol. The van der Waals surface area contributed by atoms with Crippen LogP contribution in [0.3, 0.4) is 0 Å². The van der Waals surface area contributed by atoms with E-state index < -0.39 is 24.4 Å². The Morgan fingerprint density at radius 3 is 1.48 bits per heavy atom. The number of aliphatic hydroxyl groups excluding tert-OH is 3. The van der Waals surface area contributed by atoms with E-state index in [1.807, 2.05) is 0 Å². The second-order valence-corrected chi connectivity index (χ2v) is 15.9. The van der Waals surface area contributed by atoms with Crippen LogP contribution in [0.4, 0.5) is 0 Å². The van der Waals surface area contributed by atoms with Crippen molar-refractivity contribution in [3.8, 4) is 0 Å². The molecule has 0 aromatic carbocycles. The first kappa shape index (κ1) is 48.5. The maximum absolute atomic E-state index is 12.5. The monoisotopic (exact) mass is 733 g/mol. The highest BCUT2D eigenvalue weighted by molar-refractivity contribution is 5.69. The first-order valence-electron chi connectivity index (χ1n) is 22.2. The molecule has 1 fully saturated rings. The highest BCUT2D eigenvalue weighted by atomic mass is 16.6. The van der Waals surface area contributed by atoms with Crippen LogP contribution in [0.15, 0.2) is 36.5 Å². The van der Waals surface area contributed by atoms with Gasteiger partial charge in [-0.05, 0) is 76.0 Å². The summed E-state index contributed by atoms with van der Waals surface area (Å²) in [7, 11) is 0. The number of aliphatic hydroxyl groups is 3. The van der Waals surface area contributed by atoms with Crippen LogP contribution >= 0.6 is 0 Å². The van der Waals surface area contributed by atoms with E-state index in [4.69, 9.17) is 9.47 Å². The minimum Gasteiger partial charge on any atom is -0.463 e. The van der Waals surface area contributed by atoms with Crippen LogP contribution in [-0.2, 0) is 14.3 Å². The summed E-state index contributed by atoms with van der Waals surface area (Å²) in [6.45, 7) is 6.56. The van der Waals surface area contributed by atoms with Gasteiger partial charge in [0.25, 0.3) is 0 Å². The summed E-state index contributed by atoms with van der Waals surface area (Å²) in [6, 6.07) is 0. The van der Waals surface area contributed by atoms with E-state index in [1.165, 1.54) is 135 Å². The van der Waals surface area contributed by atoms with Crippen LogP contribution in [0.1, 0.15) is 207 Å². The van der Waals surface area contributed by atoms with Gasteiger partial charge in [-0.2, -0.15) is 0 Å². The van der Waals surface area contributed by atoms with E-state index in [0.717, 1.165) is 44.9 Å². The number of ether oxygens (including phenoxy) is 2. The normalized spacial score (nSPS) is 19.7. The summed E-state index contributed by atoms with van der Waals surface area (Å²) in [5.41, 5.74) is 0.185. The molecule has 0 radical (unpaired) electrons. The Hall–Kier alpha value is -1.47. The second kappa shape index (κ2) is 34.1. The van der Waals surface area contributed by atoms with E-state index in [2.05, 4.69) is 57.2 Å². The van der Waals surface area contributed by atoms with Crippen molar-refractivity contribution in [1.82, 2.24) is 0 Å². The number of carbonyl (C=O) groups is 1. The fourth-order valence-corrected chi connectivity index (χ4v) is 7.29. The van der Waals surface area contributed by atoms with E-state index >= 15 is 0 Å². The molecule has 3 unspecified atom stereocenters. The van der Waals surface area contributed by atoms with Gasteiger partial charge in [-0.3, -0.25) is 4.79 Å². The lowest BCUT2D eigenvalue weighted by Gasteiger charge is -2.31. The molecule has 1 aliphatic rings. The van der Waals surface area contributed by atoms with Gasteiger partial charge < -0.3 is 24.8 Å². The number of esters is 1. The van der Waals surface area contributed by atoms with E-state index in [9.17, 15) is 20.1 Å². The highest BCUT2D eigenvalue weighted by Gasteiger charge is 2.39. The third-order valence-corrected chi connectivity index (χ3v) is 10.9. The van der Waals surface area contributed by atoms with Crippen molar-refractivity contribution in [3.05, 3.63) is 36.5 Å². The molecule has 1 aliphatic heterocycles. The summed E-state index contributed by atoms with van der Waals surface area (Å²) < 4.78 is 10.6. The minimum atomic E-state index is -1.17. The molecule has 304 valence electrons. The standard InChI is InChI=1S/C46H84O6/c1-4-7-10-13-16-19-22-25-30-35-46(36-31-26-23-20-17-14-11-8-5-2,37-32-27-24-21-18-15-12-9-6-3)38-33-28-29-34-43(49)51-40-42(48)45-44(50)41(47)39-52-45/h25-27,30-32,41-42,44-45,47-48,50H,4-24,28-29,33-40H2,1-3H3/b30-25+,31-26?,32-27?/t41?,42-,44?,45?,46?/m1/s1. The molecule has 6 heteroatoms. The first-order valence-corrected chi connectivity index (χ1v) is 22.2. The number of rotatable bonds is 36. The van der Waals surface area contributed by atoms with Crippen molar-refractivity contribution < 1.29 is 29.6 Å². The molecule has 3 N–H and O–H groups in total. The average molecular weight is 733 g/mol. The minimum absolute atomic E-state index is 0.0307. The van der Waals surface area contributed by atoms with E-state index in [0.29, 0.717) is 6.42 Å². The molecule has 6 nitrogen and oxygen atoms in total. The summed E-state index contributed by atoms with van der Waals surface area (Å²) >= 11 is 0. The van der Waals surface area contributed by atoms with E-state index in [1.54, 1.807) is 0 Å². The number of carbonyl (C=O) groups excluding carboxylic acids is 1. The summed E-state index contributed by atoms with van der Waals surface area (Å²) in [6.07, 6.45) is 45.4. The second-order valence-electron chi connectivity index (χ2n) is 15.9. The molecule has 0 aliphatic carbocycles. The Morgan fingerprint density at radius 2 is 1.06 bits per heavy atom. The molecular formula is C46H84O6. The number of hydrogen-bond donors (Lipinski definition) is 3. The molecule has 4 atom stereocenters. The van der Waals surface area contributed by atoms with Crippen LogP contribution < -0.4 is 0 Å². The molecule has 0 saturated carbocycles. The molecule has 1 heterocycles. The van der Waals surface area contributed by atoms with Crippen LogP contribution in [0.2, 0.25) is 0 Å². The quantitative estimate of drug-likeness (QED) is 0.0337. The Bertz CT molecular complexity index is 828. The molecule has 0 bridgehead atoms. The predicted octanol–water partition coefficient (Wildman–Crippen LogP) is 12.0. The van der Waals surface area contributed by atoms with Gasteiger partial charge in [0.1, 0.15) is 31.0 Å². The van der Waals surface area contributed by atoms with Gasteiger partial charge in [0.05, 0.1) is 6.61 Å². The molecule has 0 aromatic rings. The third kappa shape index (κ3) is 25.5. The van der Waals surface area contributed by atoms with Gasteiger partial charge in [0.2, 0.25) is 0 Å². The summed E-state index contributed by atoms with van der Waals surface area (Å²) in [5, 5.41) is 29.9. The average Bonchev–Trinajstić information content (AvgIpc) is 3.48. The lowest BCUT2D eigenvalue weighted by atomic mass is 9.73. The molecule has 1 rings (SSSR count). The zero-order valence-corrected chi connectivity index (χ0v) is 34.3. The Labute approximate surface area is 321 Å². The van der Waals surface area contributed by atoms with Crippen molar-refractivity contribution >= 4 is 5.97 Å². The highest BCUT2D eigenvalue weighted by Crippen LogP contribution is 2.39.